The molecule has 28 heavy (non-hydrogen) atoms. The number of nitrogens with zero attached hydrogens (tertiary/aromatic N) is 2. The lowest BCUT2D eigenvalue weighted by atomic mass is 10.2. The molecule has 1 amide bonds. The van der Waals surface area contributed by atoms with Crippen molar-refractivity contribution >= 4 is 27.5 Å². The number of aromatic nitrogens is 1. The molecule has 1 aliphatic rings. The Morgan fingerprint density at radius 3 is 2.54 bits per heavy atom. The highest BCUT2D eigenvalue weighted by molar-refractivity contribution is 7.16. The molecule has 0 saturated heterocycles. The molecule has 0 bridgehead atoms. The number of aryl methyl sites for hydroxylation is 1. The minimum absolute atomic E-state index is 0.344. The largest absolute Gasteiger partial charge is 0.495 e. The van der Waals surface area contributed by atoms with Crippen LogP contribution in [0.2, 0.25) is 0 Å². The molecule has 2 aromatic carbocycles. The van der Waals surface area contributed by atoms with Gasteiger partial charge in [-0.25, -0.2) is 0 Å². The first-order valence-corrected chi connectivity index (χ1v) is 9.71. The molecule has 0 N–H and O–H groups in total. The fourth-order valence-corrected chi connectivity index (χ4v) is 4.36. The lowest BCUT2D eigenvalue weighted by Crippen LogP contribution is -2.17. The van der Waals surface area contributed by atoms with Gasteiger partial charge in [0.15, 0.2) is 16.3 Å². The molecule has 1 aromatic heterocycles. The third-order valence-electron chi connectivity index (χ3n) is 4.49. The van der Waals surface area contributed by atoms with E-state index in [1.54, 1.807) is 32.4 Å². The fraction of sp³-hybridized carbons (Fsp3) is 0.300. The maximum Gasteiger partial charge on any atom is 0.279 e. The van der Waals surface area contributed by atoms with E-state index in [-0.39, 0.29) is 5.91 Å². The Morgan fingerprint density at radius 2 is 1.82 bits per heavy atom. The summed E-state index contributed by atoms with van der Waals surface area (Å²) in [6.45, 7) is 3.61. The van der Waals surface area contributed by atoms with Crippen molar-refractivity contribution in [2.45, 2.75) is 13.5 Å². The molecular formula is C20H20N2O5S. The molecule has 0 radical (unpaired) electrons. The van der Waals surface area contributed by atoms with Crippen molar-refractivity contribution in [3.05, 3.63) is 40.7 Å². The normalized spacial score (nSPS) is 13.6. The molecule has 3 aromatic rings. The molecule has 7 nitrogen and oxygen atoms in total. The third-order valence-corrected chi connectivity index (χ3v) is 5.59. The van der Waals surface area contributed by atoms with E-state index in [1.165, 1.54) is 11.3 Å². The van der Waals surface area contributed by atoms with Gasteiger partial charge in [-0.15, -0.1) is 0 Å². The zero-order valence-electron chi connectivity index (χ0n) is 15.9. The van der Waals surface area contributed by atoms with Crippen molar-refractivity contribution in [1.82, 2.24) is 4.57 Å². The summed E-state index contributed by atoms with van der Waals surface area (Å²) in [7, 11) is 3.24. The topological polar surface area (TPSA) is 71.3 Å². The van der Waals surface area contributed by atoms with E-state index < -0.39 is 0 Å². The van der Waals surface area contributed by atoms with Crippen LogP contribution in [0.1, 0.15) is 17.3 Å². The first-order chi connectivity index (χ1) is 13.7. The summed E-state index contributed by atoms with van der Waals surface area (Å²) in [5, 5.41) is 0. The van der Waals surface area contributed by atoms with Gasteiger partial charge in [-0.05, 0) is 37.3 Å². The first kappa shape index (κ1) is 18.4. The van der Waals surface area contributed by atoms with Gasteiger partial charge in [-0.1, -0.05) is 11.3 Å². The Bertz CT molecular complexity index is 1120. The Kier molecular flexibility index (Phi) is 4.95. The Hall–Kier alpha value is -3.00. The van der Waals surface area contributed by atoms with Crippen molar-refractivity contribution in [2.75, 3.05) is 27.4 Å². The second kappa shape index (κ2) is 7.55. The summed E-state index contributed by atoms with van der Waals surface area (Å²) in [6.07, 6.45) is 0. The highest BCUT2D eigenvalue weighted by Gasteiger charge is 2.17. The van der Waals surface area contributed by atoms with E-state index in [4.69, 9.17) is 18.9 Å². The van der Waals surface area contributed by atoms with Crippen LogP contribution in [0, 0.1) is 0 Å². The molecular weight excluding hydrogens is 380 g/mol. The van der Waals surface area contributed by atoms with E-state index in [0.29, 0.717) is 47.4 Å². The van der Waals surface area contributed by atoms with Crippen molar-refractivity contribution in [3.63, 3.8) is 0 Å². The van der Waals surface area contributed by atoms with Crippen LogP contribution in [0.4, 0.5) is 0 Å². The number of ether oxygens (including phenoxy) is 4. The zero-order valence-corrected chi connectivity index (χ0v) is 16.7. The average molecular weight is 400 g/mol. The predicted molar refractivity (Wildman–Crippen MR) is 106 cm³/mol. The SMILES string of the molecule is CCn1c(=NC(=O)c2ccc3c(c2)OCCO3)sc2c(OC)ccc(OC)c21. The van der Waals surface area contributed by atoms with Gasteiger partial charge in [0, 0.05) is 12.1 Å². The van der Waals surface area contributed by atoms with Gasteiger partial charge in [0.1, 0.15) is 34.9 Å². The summed E-state index contributed by atoms with van der Waals surface area (Å²) >= 11 is 1.40. The second-order valence-corrected chi connectivity index (χ2v) is 7.03. The Labute approximate surface area is 165 Å². The third kappa shape index (κ3) is 3.09. The number of hydrogen-bond acceptors (Lipinski definition) is 6. The number of rotatable bonds is 4. The summed E-state index contributed by atoms with van der Waals surface area (Å²) < 4.78 is 24.9. The van der Waals surface area contributed by atoms with Gasteiger partial charge in [0.05, 0.1) is 14.2 Å². The number of methoxy groups -OCH3 is 2. The van der Waals surface area contributed by atoms with E-state index in [0.717, 1.165) is 16.0 Å². The number of fused-ring (bicyclic) bond motifs is 2. The van der Waals surface area contributed by atoms with Crippen LogP contribution in [-0.2, 0) is 6.54 Å². The minimum atomic E-state index is -0.344. The molecule has 0 spiro atoms. The number of benzene rings is 2. The highest BCUT2D eigenvalue weighted by atomic mass is 32.1. The molecule has 0 aliphatic carbocycles. The van der Waals surface area contributed by atoms with Crippen LogP contribution >= 0.6 is 11.3 Å². The van der Waals surface area contributed by atoms with Crippen molar-refractivity contribution in [3.8, 4) is 23.0 Å². The predicted octanol–water partition coefficient (Wildman–Crippen LogP) is 3.25. The molecule has 8 heteroatoms. The van der Waals surface area contributed by atoms with Crippen LogP contribution < -0.4 is 23.7 Å². The number of amides is 1. The van der Waals surface area contributed by atoms with E-state index in [9.17, 15) is 4.79 Å². The van der Waals surface area contributed by atoms with E-state index in [2.05, 4.69) is 4.99 Å². The summed E-state index contributed by atoms with van der Waals surface area (Å²) in [5.41, 5.74) is 1.31. The number of carbonyl (C=O) groups excluding carboxylic acids is 1. The van der Waals surface area contributed by atoms with Crippen LogP contribution in [0.3, 0.4) is 0 Å². The maximum absolute atomic E-state index is 12.8. The molecule has 0 fully saturated rings. The smallest absolute Gasteiger partial charge is 0.279 e. The molecule has 146 valence electrons. The number of thiazole rings is 1. The lowest BCUT2D eigenvalue weighted by Gasteiger charge is -2.18. The molecule has 2 heterocycles. The van der Waals surface area contributed by atoms with E-state index >= 15 is 0 Å². The molecule has 1 aliphatic heterocycles. The lowest BCUT2D eigenvalue weighted by molar-refractivity contribution is 0.0996. The van der Waals surface area contributed by atoms with Gasteiger partial charge in [-0.3, -0.25) is 4.79 Å². The molecule has 0 unspecified atom stereocenters. The quantitative estimate of drug-likeness (QED) is 0.672. The maximum atomic E-state index is 12.8. The standard InChI is InChI=1S/C20H20N2O5S/c1-4-22-17-14(24-2)7-8-15(25-3)18(17)28-20(22)21-19(23)12-5-6-13-16(11-12)27-10-9-26-13/h5-8,11H,4,9-10H2,1-3H3. The van der Waals surface area contributed by atoms with Crippen molar-refractivity contribution < 1.29 is 23.7 Å². The zero-order chi connectivity index (χ0) is 19.7. The second-order valence-electron chi connectivity index (χ2n) is 6.05. The Balaban J connectivity index is 1.84. The van der Waals surface area contributed by atoms with Gasteiger partial charge in [-0.2, -0.15) is 4.99 Å². The van der Waals surface area contributed by atoms with Crippen molar-refractivity contribution in [2.24, 2.45) is 4.99 Å². The Morgan fingerprint density at radius 1 is 1.11 bits per heavy atom. The summed E-state index contributed by atoms with van der Waals surface area (Å²) in [6, 6.07) is 8.81. The van der Waals surface area contributed by atoms with Gasteiger partial charge < -0.3 is 23.5 Å². The van der Waals surface area contributed by atoms with Crippen LogP contribution in [-0.4, -0.2) is 37.9 Å². The van der Waals surface area contributed by atoms with Gasteiger partial charge in [0.25, 0.3) is 5.91 Å². The summed E-state index contributed by atoms with van der Waals surface area (Å²) in [5.74, 6) is 2.29. The van der Waals surface area contributed by atoms with Crippen molar-refractivity contribution in [1.29, 1.82) is 0 Å². The minimum Gasteiger partial charge on any atom is -0.495 e. The monoisotopic (exact) mass is 400 g/mol. The summed E-state index contributed by atoms with van der Waals surface area (Å²) in [4.78, 5) is 17.8. The molecule has 0 atom stereocenters. The highest BCUT2D eigenvalue weighted by Crippen LogP contribution is 2.35. The number of hydrogen-bond donors (Lipinski definition) is 0. The number of carbonyl (C=O) groups is 1. The van der Waals surface area contributed by atoms with Gasteiger partial charge >= 0.3 is 0 Å². The van der Waals surface area contributed by atoms with Crippen LogP contribution in [0.15, 0.2) is 35.3 Å². The first-order valence-electron chi connectivity index (χ1n) is 8.89. The van der Waals surface area contributed by atoms with E-state index in [1.807, 2.05) is 23.6 Å². The average Bonchev–Trinajstić information content (AvgIpc) is 3.10. The molecule has 4 rings (SSSR count). The fourth-order valence-electron chi connectivity index (χ4n) is 3.16. The molecule has 0 saturated carbocycles. The van der Waals surface area contributed by atoms with Crippen LogP contribution in [0.25, 0.3) is 10.2 Å². The van der Waals surface area contributed by atoms with Gasteiger partial charge in [0.2, 0.25) is 0 Å². The van der Waals surface area contributed by atoms with Crippen LogP contribution in [0.5, 0.6) is 23.0 Å².